The van der Waals surface area contributed by atoms with Gasteiger partial charge in [0.2, 0.25) is 0 Å². The van der Waals surface area contributed by atoms with Crippen molar-refractivity contribution in [1.82, 2.24) is 0 Å². The molecule has 0 saturated carbocycles. The van der Waals surface area contributed by atoms with Gasteiger partial charge in [0.15, 0.2) is 0 Å². The van der Waals surface area contributed by atoms with Crippen LogP contribution < -0.4 is 10.2 Å². The maximum atomic E-state index is 13.4. The molecular formula is C23H21FN2O. The van der Waals surface area contributed by atoms with Gasteiger partial charge < -0.3 is 5.32 Å². The number of hydrogen-bond donors (Lipinski definition) is 1. The van der Waals surface area contributed by atoms with Crippen molar-refractivity contribution in [1.29, 1.82) is 0 Å². The molecule has 1 unspecified atom stereocenters. The van der Waals surface area contributed by atoms with E-state index in [-0.39, 0.29) is 11.7 Å². The Labute approximate surface area is 158 Å². The lowest BCUT2D eigenvalue weighted by atomic mass is 10.0. The third-order valence-corrected chi connectivity index (χ3v) is 4.87. The number of nitrogens with zero attached hydrogens (tertiary/aromatic N) is 1. The minimum atomic E-state index is -0.398. The molecule has 1 N–H and O–H groups in total. The van der Waals surface area contributed by atoms with E-state index in [9.17, 15) is 9.18 Å². The van der Waals surface area contributed by atoms with Crippen molar-refractivity contribution in [3.05, 3.63) is 95.3 Å². The lowest BCUT2D eigenvalue weighted by molar-refractivity contribution is 0.0975. The summed E-state index contributed by atoms with van der Waals surface area (Å²) in [5.74, 6) is -0.362. The van der Waals surface area contributed by atoms with E-state index in [0.29, 0.717) is 5.56 Å². The first-order chi connectivity index (χ1) is 13.2. The first-order valence-corrected chi connectivity index (χ1v) is 9.21. The number of halogens is 1. The summed E-state index contributed by atoms with van der Waals surface area (Å²) in [5.41, 5.74) is 4.31. The van der Waals surface area contributed by atoms with Crippen LogP contribution in [0, 0.1) is 5.82 Å². The number of hydrogen-bond acceptors (Lipinski definition) is 2. The van der Waals surface area contributed by atoms with Crippen molar-refractivity contribution in [3.8, 4) is 0 Å². The van der Waals surface area contributed by atoms with Gasteiger partial charge in [0.25, 0.3) is 5.91 Å². The van der Waals surface area contributed by atoms with Gasteiger partial charge in [0.1, 0.15) is 12.0 Å². The average Bonchev–Trinajstić information content (AvgIpc) is 2.70. The number of nitrogens with one attached hydrogen (secondary N) is 1. The van der Waals surface area contributed by atoms with Gasteiger partial charge in [0, 0.05) is 11.4 Å². The smallest absolute Gasteiger partial charge is 0.262 e. The van der Waals surface area contributed by atoms with Crippen LogP contribution in [0.2, 0.25) is 0 Å². The molecule has 0 fully saturated rings. The molecule has 0 aromatic heterocycles. The second-order valence-corrected chi connectivity index (χ2v) is 6.74. The number of fused-ring (bicyclic) bond motifs is 1. The Morgan fingerprint density at radius 3 is 2.37 bits per heavy atom. The Hall–Kier alpha value is -3.14. The van der Waals surface area contributed by atoms with Gasteiger partial charge >= 0.3 is 0 Å². The van der Waals surface area contributed by atoms with Crippen LogP contribution in [0.4, 0.5) is 15.8 Å². The van der Waals surface area contributed by atoms with Crippen LogP contribution in [0.25, 0.3) is 0 Å². The number of carbonyl (C=O) groups is 1. The number of para-hydroxylation sites is 1. The van der Waals surface area contributed by atoms with Crippen molar-refractivity contribution < 1.29 is 9.18 Å². The zero-order valence-electron chi connectivity index (χ0n) is 15.2. The van der Waals surface area contributed by atoms with E-state index in [2.05, 4.69) is 24.4 Å². The fraction of sp³-hybridized carbons (Fsp3) is 0.174. The molecule has 0 saturated heterocycles. The van der Waals surface area contributed by atoms with E-state index in [1.54, 1.807) is 17.0 Å². The van der Waals surface area contributed by atoms with Crippen LogP contribution in [-0.4, -0.2) is 5.91 Å². The summed E-state index contributed by atoms with van der Waals surface area (Å²) in [7, 11) is 0. The Morgan fingerprint density at radius 2 is 1.67 bits per heavy atom. The standard InChI is InChI=1S/C23H21FN2O/c1-2-5-16-8-14-19(15-9-16)26-22(17-10-12-18(24)13-11-17)25-21-7-4-3-6-20(21)23(26)27/h3-4,6-15,22,25H,2,5H2,1H3. The molecule has 3 aromatic rings. The maximum Gasteiger partial charge on any atom is 0.262 e. The Balaban J connectivity index is 1.79. The van der Waals surface area contributed by atoms with Gasteiger partial charge in [-0.1, -0.05) is 49.7 Å². The maximum absolute atomic E-state index is 13.4. The molecule has 0 aliphatic carbocycles. The fourth-order valence-electron chi connectivity index (χ4n) is 3.51. The van der Waals surface area contributed by atoms with E-state index in [0.717, 1.165) is 29.8 Å². The quantitative estimate of drug-likeness (QED) is 0.662. The first kappa shape index (κ1) is 17.3. The number of benzene rings is 3. The highest BCUT2D eigenvalue weighted by atomic mass is 19.1. The minimum absolute atomic E-state index is 0.0677. The SMILES string of the molecule is CCCc1ccc(N2C(=O)c3ccccc3NC2c2ccc(F)cc2)cc1. The molecule has 4 heteroatoms. The minimum Gasteiger partial charge on any atom is -0.360 e. The van der Waals surface area contributed by atoms with E-state index >= 15 is 0 Å². The molecule has 3 nitrogen and oxygen atoms in total. The number of amides is 1. The summed E-state index contributed by atoms with van der Waals surface area (Å²) < 4.78 is 13.4. The molecular weight excluding hydrogens is 339 g/mol. The first-order valence-electron chi connectivity index (χ1n) is 9.21. The molecule has 1 heterocycles. The monoisotopic (exact) mass is 360 g/mol. The van der Waals surface area contributed by atoms with Crippen molar-refractivity contribution >= 4 is 17.3 Å². The zero-order valence-corrected chi connectivity index (χ0v) is 15.2. The van der Waals surface area contributed by atoms with Crippen LogP contribution in [0.15, 0.2) is 72.8 Å². The highest BCUT2D eigenvalue weighted by Gasteiger charge is 2.33. The molecule has 3 aromatic carbocycles. The second-order valence-electron chi connectivity index (χ2n) is 6.74. The summed E-state index contributed by atoms with van der Waals surface area (Å²) in [6.07, 6.45) is 1.69. The zero-order chi connectivity index (χ0) is 18.8. The molecule has 1 amide bonds. The third kappa shape index (κ3) is 3.31. The van der Waals surface area contributed by atoms with Gasteiger partial charge in [0.05, 0.1) is 5.56 Å². The van der Waals surface area contributed by atoms with Crippen molar-refractivity contribution in [3.63, 3.8) is 0 Å². The van der Waals surface area contributed by atoms with E-state index in [1.807, 2.05) is 36.4 Å². The fourth-order valence-corrected chi connectivity index (χ4v) is 3.51. The van der Waals surface area contributed by atoms with Crippen molar-refractivity contribution in [2.24, 2.45) is 0 Å². The van der Waals surface area contributed by atoms with Gasteiger partial charge in [-0.3, -0.25) is 9.69 Å². The van der Waals surface area contributed by atoms with Crippen LogP contribution in [-0.2, 0) is 6.42 Å². The lowest BCUT2D eigenvalue weighted by Crippen LogP contribution is -2.43. The average molecular weight is 360 g/mol. The Bertz CT molecular complexity index is 951. The lowest BCUT2D eigenvalue weighted by Gasteiger charge is -2.38. The Morgan fingerprint density at radius 1 is 0.963 bits per heavy atom. The molecule has 27 heavy (non-hydrogen) atoms. The number of carbonyl (C=O) groups excluding carboxylic acids is 1. The van der Waals surface area contributed by atoms with Gasteiger partial charge in [-0.25, -0.2) is 4.39 Å². The van der Waals surface area contributed by atoms with Crippen LogP contribution in [0.1, 0.15) is 41.0 Å². The van der Waals surface area contributed by atoms with Crippen LogP contribution in [0.3, 0.4) is 0 Å². The molecule has 1 atom stereocenters. The predicted octanol–water partition coefficient (Wildman–Crippen LogP) is 5.55. The second kappa shape index (κ2) is 7.23. The molecule has 136 valence electrons. The number of rotatable bonds is 4. The van der Waals surface area contributed by atoms with Crippen LogP contribution in [0.5, 0.6) is 0 Å². The summed E-state index contributed by atoms with van der Waals surface area (Å²) in [6.45, 7) is 2.15. The molecule has 0 bridgehead atoms. The van der Waals surface area contributed by atoms with E-state index in [4.69, 9.17) is 0 Å². The highest BCUT2D eigenvalue weighted by molar-refractivity contribution is 6.12. The molecule has 0 spiro atoms. The Kier molecular flexibility index (Phi) is 4.63. The van der Waals surface area contributed by atoms with Gasteiger partial charge in [-0.15, -0.1) is 0 Å². The predicted molar refractivity (Wildman–Crippen MR) is 106 cm³/mol. The van der Waals surface area contributed by atoms with E-state index < -0.39 is 6.17 Å². The van der Waals surface area contributed by atoms with Crippen molar-refractivity contribution in [2.75, 3.05) is 10.2 Å². The number of aryl methyl sites for hydroxylation is 1. The summed E-state index contributed by atoms with van der Waals surface area (Å²) in [5, 5.41) is 3.43. The van der Waals surface area contributed by atoms with E-state index in [1.165, 1.54) is 17.7 Å². The molecule has 4 rings (SSSR count). The highest BCUT2D eigenvalue weighted by Crippen LogP contribution is 2.36. The largest absolute Gasteiger partial charge is 0.360 e. The molecule has 1 aliphatic heterocycles. The summed E-state index contributed by atoms with van der Waals surface area (Å²) in [4.78, 5) is 15.0. The van der Waals surface area contributed by atoms with Crippen LogP contribution >= 0.6 is 0 Å². The van der Waals surface area contributed by atoms with Gasteiger partial charge in [-0.2, -0.15) is 0 Å². The van der Waals surface area contributed by atoms with Crippen molar-refractivity contribution in [2.45, 2.75) is 25.9 Å². The summed E-state index contributed by atoms with van der Waals surface area (Å²) in [6, 6.07) is 21.8. The number of anilines is 2. The topological polar surface area (TPSA) is 32.3 Å². The summed E-state index contributed by atoms with van der Waals surface area (Å²) >= 11 is 0. The molecule has 0 radical (unpaired) electrons. The normalized spacial score (nSPS) is 16.0. The third-order valence-electron chi connectivity index (χ3n) is 4.87. The molecule has 1 aliphatic rings. The van der Waals surface area contributed by atoms with Gasteiger partial charge in [-0.05, 0) is 53.9 Å².